The Morgan fingerprint density at radius 2 is 2.12 bits per heavy atom. The molecular weight excluding hydrogens is 219 g/mol. The van der Waals surface area contributed by atoms with E-state index in [2.05, 4.69) is 4.98 Å². The fraction of sp³-hybridized carbons (Fsp3) is 0.417. The fourth-order valence-corrected chi connectivity index (χ4v) is 1.65. The Bertz CT molecular complexity index is 384. The first-order valence-corrected chi connectivity index (χ1v) is 5.47. The minimum atomic E-state index is -1.05. The molecule has 0 amide bonds. The summed E-state index contributed by atoms with van der Waals surface area (Å²) < 4.78 is 13.0. The van der Waals surface area contributed by atoms with E-state index < -0.39 is 6.17 Å². The zero-order valence-corrected chi connectivity index (χ0v) is 10.4. The van der Waals surface area contributed by atoms with Crippen molar-refractivity contribution >= 4 is 0 Å². The molecule has 5 heteroatoms. The Hall–Kier alpha value is -1.62. The van der Waals surface area contributed by atoms with E-state index in [1.54, 1.807) is 19.3 Å². The number of halogens is 1. The second-order valence-electron chi connectivity index (χ2n) is 4.06. The Morgan fingerprint density at radius 1 is 1.47 bits per heavy atom. The molecule has 2 atom stereocenters. The molecule has 2 unspecified atom stereocenters. The number of hydrogen-bond acceptors (Lipinski definition) is 4. The Balaban J connectivity index is 2.93. The van der Waals surface area contributed by atoms with Gasteiger partial charge in [0.25, 0.3) is 0 Å². The van der Waals surface area contributed by atoms with E-state index >= 15 is 0 Å². The Kier molecular flexibility index (Phi) is 4.45. The third-order valence-corrected chi connectivity index (χ3v) is 2.74. The number of pyridine rings is 1. The number of nitrogens with zero attached hydrogens (tertiary/aromatic N) is 2. The first-order valence-electron chi connectivity index (χ1n) is 5.47. The lowest BCUT2D eigenvalue weighted by molar-refractivity contribution is 0.365. The molecule has 4 N–H and O–H groups in total. The van der Waals surface area contributed by atoms with Crippen LogP contribution in [0.3, 0.4) is 0 Å². The molecule has 0 radical (unpaired) electrons. The van der Waals surface area contributed by atoms with Crippen molar-refractivity contribution in [2.45, 2.75) is 25.9 Å². The molecule has 0 aromatic carbocycles. The number of likely N-dealkylation sites (N-methyl/N-ethyl adjacent to an activating group) is 1. The van der Waals surface area contributed by atoms with Gasteiger partial charge in [0.05, 0.1) is 11.4 Å². The van der Waals surface area contributed by atoms with Gasteiger partial charge in [0.15, 0.2) is 0 Å². The van der Waals surface area contributed by atoms with Crippen molar-refractivity contribution in [3.05, 3.63) is 41.5 Å². The maximum Gasteiger partial charge on any atom is 0.139 e. The number of hydrogen-bond donors (Lipinski definition) is 2. The van der Waals surface area contributed by atoms with E-state index in [9.17, 15) is 4.39 Å². The third-order valence-electron chi connectivity index (χ3n) is 2.74. The SMILES string of the molecule is CC(F)c1ccc(C(C)/C(=C/N)N(C)N)cn1. The second-order valence-corrected chi connectivity index (χ2v) is 4.06. The van der Waals surface area contributed by atoms with Crippen LogP contribution in [0.1, 0.15) is 37.2 Å². The summed E-state index contributed by atoms with van der Waals surface area (Å²) in [6, 6.07) is 3.53. The highest BCUT2D eigenvalue weighted by Gasteiger charge is 2.14. The van der Waals surface area contributed by atoms with Crippen molar-refractivity contribution in [2.24, 2.45) is 11.6 Å². The molecule has 0 aliphatic rings. The molecule has 0 fully saturated rings. The summed E-state index contributed by atoms with van der Waals surface area (Å²) in [6.45, 7) is 3.43. The van der Waals surface area contributed by atoms with Crippen molar-refractivity contribution in [1.29, 1.82) is 0 Å². The maximum absolute atomic E-state index is 13.0. The molecule has 0 saturated carbocycles. The lowest BCUT2D eigenvalue weighted by atomic mass is 9.99. The molecule has 0 spiro atoms. The predicted molar refractivity (Wildman–Crippen MR) is 66.4 cm³/mol. The van der Waals surface area contributed by atoms with Gasteiger partial charge >= 0.3 is 0 Å². The number of alkyl halides is 1. The summed E-state index contributed by atoms with van der Waals surface area (Å²) in [5.41, 5.74) is 7.69. The molecule has 0 saturated heterocycles. The number of rotatable bonds is 4. The Labute approximate surface area is 101 Å². The summed E-state index contributed by atoms with van der Waals surface area (Å²) in [7, 11) is 1.72. The predicted octanol–water partition coefficient (Wildman–Crippen LogP) is 1.82. The lowest BCUT2D eigenvalue weighted by Crippen LogP contribution is -2.28. The molecule has 94 valence electrons. The van der Waals surface area contributed by atoms with Crippen LogP contribution in [0, 0.1) is 0 Å². The summed E-state index contributed by atoms with van der Waals surface area (Å²) in [5, 5.41) is 1.47. The minimum Gasteiger partial charge on any atom is -0.403 e. The standard InChI is InChI=1S/C12H19FN4/c1-8(12(6-14)17(3)15)10-4-5-11(9(2)13)16-7-10/h4-9H,14-15H2,1-3H3/b12-6-. The topological polar surface area (TPSA) is 68.2 Å². The van der Waals surface area contributed by atoms with Crippen molar-refractivity contribution < 1.29 is 4.39 Å². The van der Waals surface area contributed by atoms with Gasteiger partial charge < -0.3 is 10.7 Å². The minimum absolute atomic E-state index is 0.0199. The smallest absolute Gasteiger partial charge is 0.139 e. The number of aromatic nitrogens is 1. The first-order chi connectivity index (χ1) is 7.97. The van der Waals surface area contributed by atoms with E-state index in [0.717, 1.165) is 11.3 Å². The average Bonchev–Trinajstić information content (AvgIpc) is 2.29. The summed E-state index contributed by atoms with van der Waals surface area (Å²) in [4.78, 5) is 4.07. The number of nitrogens with two attached hydrogens (primary N) is 2. The van der Waals surface area contributed by atoms with Gasteiger partial charge in [-0.25, -0.2) is 10.2 Å². The first kappa shape index (κ1) is 13.4. The highest BCUT2D eigenvalue weighted by Crippen LogP contribution is 2.24. The van der Waals surface area contributed by atoms with Crippen molar-refractivity contribution in [3.63, 3.8) is 0 Å². The lowest BCUT2D eigenvalue weighted by Gasteiger charge is -2.22. The van der Waals surface area contributed by atoms with Gasteiger partial charge in [0, 0.05) is 25.4 Å². The van der Waals surface area contributed by atoms with Crippen LogP contribution in [0.4, 0.5) is 4.39 Å². The van der Waals surface area contributed by atoms with Gasteiger partial charge in [-0.3, -0.25) is 4.98 Å². The van der Waals surface area contributed by atoms with Crippen LogP contribution >= 0.6 is 0 Å². The van der Waals surface area contributed by atoms with Gasteiger partial charge in [0.1, 0.15) is 6.17 Å². The molecular formula is C12H19FN4. The third kappa shape index (κ3) is 3.17. The van der Waals surface area contributed by atoms with Crippen LogP contribution in [0.25, 0.3) is 0 Å². The molecule has 0 aliphatic heterocycles. The van der Waals surface area contributed by atoms with Gasteiger partial charge in [0.2, 0.25) is 0 Å². The molecule has 1 rings (SSSR count). The van der Waals surface area contributed by atoms with E-state index in [-0.39, 0.29) is 5.92 Å². The van der Waals surface area contributed by atoms with Crippen LogP contribution in [0.15, 0.2) is 30.2 Å². The summed E-state index contributed by atoms with van der Waals surface area (Å²) in [5.74, 6) is 5.69. The van der Waals surface area contributed by atoms with Crippen LogP contribution in [-0.2, 0) is 0 Å². The van der Waals surface area contributed by atoms with E-state index in [1.165, 1.54) is 18.1 Å². The van der Waals surface area contributed by atoms with Gasteiger partial charge in [-0.1, -0.05) is 13.0 Å². The van der Waals surface area contributed by atoms with Gasteiger partial charge in [-0.2, -0.15) is 0 Å². The van der Waals surface area contributed by atoms with E-state index in [1.807, 2.05) is 13.0 Å². The second kappa shape index (κ2) is 5.63. The van der Waals surface area contributed by atoms with Crippen LogP contribution < -0.4 is 11.6 Å². The largest absolute Gasteiger partial charge is 0.403 e. The molecule has 4 nitrogen and oxygen atoms in total. The van der Waals surface area contributed by atoms with Crippen molar-refractivity contribution in [2.75, 3.05) is 7.05 Å². The molecule has 0 bridgehead atoms. The Morgan fingerprint density at radius 3 is 2.47 bits per heavy atom. The fourth-order valence-electron chi connectivity index (χ4n) is 1.65. The van der Waals surface area contributed by atoms with Crippen LogP contribution in [-0.4, -0.2) is 17.0 Å². The maximum atomic E-state index is 13.0. The van der Waals surface area contributed by atoms with Crippen molar-refractivity contribution in [3.8, 4) is 0 Å². The molecule has 1 heterocycles. The average molecular weight is 238 g/mol. The highest BCUT2D eigenvalue weighted by molar-refractivity contribution is 5.26. The molecule has 1 aromatic rings. The van der Waals surface area contributed by atoms with Crippen LogP contribution in [0.5, 0.6) is 0 Å². The monoisotopic (exact) mass is 238 g/mol. The van der Waals surface area contributed by atoms with Gasteiger partial charge in [-0.15, -0.1) is 0 Å². The number of hydrazine groups is 1. The quantitative estimate of drug-likeness (QED) is 0.620. The zero-order chi connectivity index (χ0) is 13.0. The zero-order valence-electron chi connectivity index (χ0n) is 10.4. The van der Waals surface area contributed by atoms with E-state index in [0.29, 0.717) is 5.69 Å². The van der Waals surface area contributed by atoms with Gasteiger partial charge in [-0.05, 0) is 18.6 Å². The molecule has 17 heavy (non-hydrogen) atoms. The van der Waals surface area contributed by atoms with Crippen LogP contribution in [0.2, 0.25) is 0 Å². The van der Waals surface area contributed by atoms with E-state index in [4.69, 9.17) is 11.6 Å². The molecule has 0 aliphatic carbocycles. The summed E-state index contributed by atoms with van der Waals surface area (Å²) in [6.07, 6.45) is 2.07. The highest BCUT2D eigenvalue weighted by atomic mass is 19.1. The number of allylic oxidation sites excluding steroid dienone is 1. The normalized spacial score (nSPS) is 15.5. The van der Waals surface area contributed by atoms with Crippen molar-refractivity contribution in [1.82, 2.24) is 9.99 Å². The summed E-state index contributed by atoms with van der Waals surface area (Å²) >= 11 is 0. The molecule has 1 aromatic heterocycles.